The van der Waals surface area contributed by atoms with Crippen LogP contribution < -0.4 is 20.9 Å². The van der Waals surface area contributed by atoms with Gasteiger partial charge in [-0.15, -0.1) is 0 Å². The Morgan fingerprint density at radius 2 is 1.53 bits per heavy atom. The quantitative estimate of drug-likeness (QED) is 0.158. The minimum absolute atomic E-state index is 0.493. The van der Waals surface area contributed by atoms with Gasteiger partial charge in [-0.2, -0.15) is 0 Å². The average Bonchev–Trinajstić information content (AvgIpc) is 3.66. The zero-order chi connectivity index (χ0) is 32.8. The number of fused-ring (bicyclic) bond motifs is 9. The first-order valence-corrected chi connectivity index (χ1v) is 18.0. The Kier molecular flexibility index (Phi) is 9.34. The predicted molar refractivity (Wildman–Crippen MR) is 200 cm³/mol. The highest BCUT2D eigenvalue weighted by atomic mass is 35.5. The molecule has 3 atom stereocenters. The summed E-state index contributed by atoms with van der Waals surface area (Å²) < 4.78 is 4.90. The number of aryl methyl sites for hydroxylation is 2. The van der Waals surface area contributed by atoms with Gasteiger partial charge in [-0.1, -0.05) is 53.5 Å². The van der Waals surface area contributed by atoms with Crippen molar-refractivity contribution in [3.05, 3.63) is 98.3 Å². The van der Waals surface area contributed by atoms with Crippen molar-refractivity contribution in [1.82, 2.24) is 25.1 Å². The van der Waals surface area contributed by atoms with Gasteiger partial charge in [0.15, 0.2) is 0 Å². The molecule has 0 radical (unpaired) electrons. The molecule has 248 valence electrons. The van der Waals surface area contributed by atoms with Gasteiger partial charge in [-0.05, 0) is 92.9 Å². The highest BCUT2D eigenvalue weighted by Crippen LogP contribution is 2.40. The van der Waals surface area contributed by atoms with Gasteiger partial charge in [0.2, 0.25) is 0 Å². The summed E-state index contributed by atoms with van der Waals surface area (Å²) in [4.78, 5) is 2.56. The van der Waals surface area contributed by atoms with Gasteiger partial charge in [0.05, 0.1) is 5.52 Å². The van der Waals surface area contributed by atoms with Gasteiger partial charge in [0.1, 0.15) is 0 Å². The first-order valence-electron chi connectivity index (χ1n) is 17.3. The summed E-state index contributed by atoms with van der Waals surface area (Å²) in [5, 5.41) is 14.9. The highest BCUT2D eigenvalue weighted by molar-refractivity contribution is 6.32. The van der Waals surface area contributed by atoms with E-state index in [1.165, 1.54) is 61.1 Å². The molecule has 47 heavy (non-hydrogen) atoms. The monoisotopic (exact) mass is 670 g/mol. The molecular weight excluding hydrogens is 623 g/mol. The minimum atomic E-state index is 0.493. The lowest BCUT2D eigenvalue weighted by Crippen LogP contribution is -2.55. The number of nitrogens with one attached hydrogen (secondary N) is 3. The smallest absolute Gasteiger partial charge is 0.0533 e. The predicted octanol–water partition coefficient (Wildman–Crippen LogP) is 7.73. The highest BCUT2D eigenvalue weighted by Gasteiger charge is 2.36. The number of anilines is 1. The van der Waals surface area contributed by atoms with Crippen LogP contribution in [0.1, 0.15) is 53.5 Å². The SMILES string of the molecule is Cc1c(Cl)ccc2c1N1[C@H](CNC[C@H]1C)C2.Cc1c2n(c3c(C)c(Cl)ccc13)[C@H](C)CNC2.c1ccc2c(c1)cc1n2CCNCC1. The van der Waals surface area contributed by atoms with Crippen molar-refractivity contribution in [2.75, 3.05) is 37.6 Å². The molecule has 4 aliphatic heterocycles. The lowest BCUT2D eigenvalue weighted by molar-refractivity contribution is 0.429. The van der Waals surface area contributed by atoms with E-state index in [0.29, 0.717) is 18.1 Å². The van der Waals surface area contributed by atoms with Crippen LogP contribution in [0.15, 0.2) is 54.6 Å². The number of hydrogen-bond acceptors (Lipinski definition) is 4. The zero-order valence-electron chi connectivity index (χ0n) is 28.4. The first kappa shape index (κ1) is 32.5. The zero-order valence-corrected chi connectivity index (χ0v) is 29.9. The third kappa shape index (κ3) is 5.97. The molecule has 3 aromatic carbocycles. The van der Waals surface area contributed by atoms with E-state index in [0.717, 1.165) is 68.7 Å². The topological polar surface area (TPSA) is 49.2 Å². The summed E-state index contributed by atoms with van der Waals surface area (Å²) in [5.74, 6) is 0. The third-order valence-electron chi connectivity index (χ3n) is 10.7. The van der Waals surface area contributed by atoms with Gasteiger partial charge in [0.25, 0.3) is 0 Å². The number of halogens is 2. The van der Waals surface area contributed by atoms with Crippen molar-refractivity contribution in [1.29, 1.82) is 0 Å². The maximum absolute atomic E-state index is 6.26. The van der Waals surface area contributed by atoms with Crippen molar-refractivity contribution in [3.63, 3.8) is 0 Å². The van der Waals surface area contributed by atoms with E-state index in [1.807, 2.05) is 12.1 Å². The Bertz CT molecular complexity index is 1920. The van der Waals surface area contributed by atoms with E-state index in [1.54, 1.807) is 0 Å². The van der Waals surface area contributed by atoms with Crippen LogP contribution in [0.5, 0.6) is 0 Å². The number of para-hydroxylation sites is 1. The van der Waals surface area contributed by atoms with Crippen LogP contribution in [0.2, 0.25) is 10.0 Å². The van der Waals surface area contributed by atoms with E-state index in [4.69, 9.17) is 23.2 Å². The number of nitrogens with zero attached hydrogens (tertiary/aromatic N) is 3. The largest absolute Gasteiger partial charge is 0.362 e. The second kappa shape index (κ2) is 13.5. The van der Waals surface area contributed by atoms with E-state index >= 15 is 0 Å². The number of piperazine rings is 1. The summed E-state index contributed by atoms with van der Waals surface area (Å²) in [5.41, 5.74) is 12.3. The van der Waals surface area contributed by atoms with Crippen LogP contribution in [-0.4, -0.2) is 53.9 Å². The molecule has 3 N–H and O–H groups in total. The maximum atomic E-state index is 6.26. The molecule has 0 spiro atoms. The lowest BCUT2D eigenvalue weighted by atomic mass is 10.1. The molecule has 8 heteroatoms. The van der Waals surface area contributed by atoms with Crippen LogP contribution >= 0.6 is 23.2 Å². The molecule has 0 unspecified atom stereocenters. The fraction of sp³-hybridized carbons (Fsp3) is 0.436. The van der Waals surface area contributed by atoms with Crippen LogP contribution in [0.4, 0.5) is 5.69 Å². The normalized spacial score (nSPS) is 21.5. The molecule has 1 fully saturated rings. The fourth-order valence-electron chi connectivity index (χ4n) is 8.32. The molecule has 0 saturated carbocycles. The van der Waals surface area contributed by atoms with Crippen molar-refractivity contribution >= 4 is 50.7 Å². The van der Waals surface area contributed by atoms with Gasteiger partial charge < -0.3 is 30.0 Å². The van der Waals surface area contributed by atoms with Crippen LogP contribution in [0.25, 0.3) is 21.8 Å². The van der Waals surface area contributed by atoms with Gasteiger partial charge >= 0.3 is 0 Å². The molecule has 6 nitrogen and oxygen atoms in total. The summed E-state index contributed by atoms with van der Waals surface area (Å²) >= 11 is 12.5. The lowest BCUT2D eigenvalue weighted by Gasteiger charge is -2.39. The Morgan fingerprint density at radius 3 is 2.38 bits per heavy atom. The molecule has 5 aromatic rings. The van der Waals surface area contributed by atoms with Crippen LogP contribution in [0.3, 0.4) is 0 Å². The Labute approximate surface area is 289 Å². The second-order valence-corrected chi connectivity index (χ2v) is 14.6. The van der Waals surface area contributed by atoms with Gasteiger partial charge in [0, 0.05) is 108 Å². The average molecular weight is 672 g/mol. The number of aromatic nitrogens is 2. The standard InChI is InChI=1S/C14H17ClN2.C13H17ClN2.C12H14N2/c1-8-6-16-7-13-9(2)11-4-5-12(15)10(3)14(11)17(8)13;1-8-6-15-7-11-5-10-3-4-12(14)9(2)13(10)16(8)11;1-2-4-12-10(3-1)9-11-5-6-13-7-8-14(11)12/h4-5,8,16H,6-7H2,1-3H3;3-4,8,11,15H,5-7H2,1-2H3;1-4,9,13H,5-8H2/t8-;8-,11+;/m11./s1. The first-order chi connectivity index (χ1) is 22.7. The van der Waals surface area contributed by atoms with Crippen LogP contribution in [0, 0.1) is 20.8 Å². The number of rotatable bonds is 0. The molecule has 9 rings (SSSR count). The number of hydrogen-bond donors (Lipinski definition) is 3. The van der Waals surface area contributed by atoms with Crippen LogP contribution in [-0.2, 0) is 25.9 Å². The van der Waals surface area contributed by atoms with Gasteiger partial charge in [-0.25, -0.2) is 0 Å². The Hall–Kier alpha value is -3.00. The summed E-state index contributed by atoms with van der Waals surface area (Å²) in [6.45, 7) is 18.5. The van der Waals surface area contributed by atoms with Crippen molar-refractivity contribution < 1.29 is 0 Å². The fourth-order valence-corrected chi connectivity index (χ4v) is 8.63. The van der Waals surface area contributed by atoms with Crippen molar-refractivity contribution in [3.8, 4) is 0 Å². The second-order valence-electron chi connectivity index (χ2n) is 13.8. The van der Waals surface area contributed by atoms with Gasteiger partial charge in [-0.3, -0.25) is 0 Å². The van der Waals surface area contributed by atoms with E-state index in [9.17, 15) is 0 Å². The molecule has 4 aliphatic rings. The van der Waals surface area contributed by atoms with Crippen molar-refractivity contribution in [2.24, 2.45) is 0 Å². The minimum Gasteiger partial charge on any atom is -0.362 e. The third-order valence-corrected chi connectivity index (χ3v) is 11.5. The molecule has 2 aromatic heterocycles. The Balaban J connectivity index is 0.000000113. The van der Waals surface area contributed by atoms with Crippen molar-refractivity contribution in [2.45, 2.75) is 78.7 Å². The summed E-state index contributed by atoms with van der Waals surface area (Å²) in [7, 11) is 0. The van der Waals surface area contributed by atoms with E-state index in [-0.39, 0.29) is 0 Å². The molecule has 0 aliphatic carbocycles. The maximum Gasteiger partial charge on any atom is 0.0533 e. The number of benzene rings is 3. The Morgan fingerprint density at radius 1 is 0.766 bits per heavy atom. The summed E-state index contributed by atoms with van der Waals surface area (Å²) in [6, 6.07) is 21.0. The van der Waals surface area contributed by atoms with E-state index < -0.39 is 0 Å². The molecular formula is C39H48Cl2N6. The van der Waals surface area contributed by atoms with E-state index in [2.05, 4.69) is 107 Å². The summed E-state index contributed by atoms with van der Waals surface area (Å²) in [6.07, 6.45) is 2.30. The molecule has 0 bridgehead atoms. The molecule has 0 amide bonds. The molecule has 6 heterocycles. The molecule has 1 saturated heterocycles.